The van der Waals surface area contributed by atoms with Crippen molar-refractivity contribution >= 4 is 16.9 Å². The number of aliphatic hydroxyl groups is 1. The Balaban J connectivity index is 1.35. The van der Waals surface area contributed by atoms with Crippen LogP contribution in [0.2, 0.25) is 0 Å². The van der Waals surface area contributed by atoms with Crippen molar-refractivity contribution in [2.45, 2.75) is 44.6 Å². The summed E-state index contributed by atoms with van der Waals surface area (Å²) >= 11 is 0. The van der Waals surface area contributed by atoms with Gasteiger partial charge in [-0.25, -0.2) is 4.79 Å². The minimum Gasteiger partial charge on any atom is -0.396 e. The number of benzene rings is 1. The van der Waals surface area contributed by atoms with Crippen molar-refractivity contribution < 1.29 is 9.90 Å². The van der Waals surface area contributed by atoms with Crippen LogP contribution in [0.3, 0.4) is 0 Å². The number of hydrogen-bond donors (Lipinski definition) is 4. The van der Waals surface area contributed by atoms with Crippen LogP contribution in [0.25, 0.3) is 10.9 Å². The molecule has 2 aromatic rings. The number of urea groups is 1. The third kappa shape index (κ3) is 4.29. The predicted octanol–water partition coefficient (Wildman–Crippen LogP) is 2.95. The molecule has 2 amide bonds. The largest absolute Gasteiger partial charge is 0.396 e. The van der Waals surface area contributed by atoms with Crippen LogP contribution in [0.4, 0.5) is 4.79 Å². The van der Waals surface area contributed by atoms with Crippen LogP contribution in [0.1, 0.15) is 37.7 Å². The highest BCUT2D eigenvalue weighted by Crippen LogP contribution is 2.23. The summed E-state index contributed by atoms with van der Waals surface area (Å²) in [7, 11) is 0. The van der Waals surface area contributed by atoms with Crippen LogP contribution in [0, 0.1) is 5.92 Å². The monoisotopic (exact) mass is 329 g/mol. The minimum absolute atomic E-state index is 0.0682. The Labute approximate surface area is 142 Å². The zero-order valence-electron chi connectivity index (χ0n) is 14.1. The van der Waals surface area contributed by atoms with Crippen LogP contribution < -0.4 is 10.6 Å². The molecule has 1 fully saturated rings. The van der Waals surface area contributed by atoms with Crippen molar-refractivity contribution in [3.05, 3.63) is 36.0 Å². The number of carbonyl (C=O) groups is 1. The first-order valence-electron chi connectivity index (χ1n) is 8.96. The molecule has 24 heavy (non-hydrogen) atoms. The van der Waals surface area contributed by atoms with Gasteiger partial charge in [-0.3, -0.25) is 0 Å². The van der Waals surface area contributed by atoms with Gasteiger partial charge in [0.15, 0.2) is 0 Å². The Bertz CT molecular complexity index is 659. The Hall–Kier alpha value is -2.01. The maximum absolute atomic E-state index is 12.0. The summed E-state index contributed by atoms with van der Waals surface area (Å²) in [6.45, 7) is 0.948. The first-order chi connectivity index (χ1) is 11.8. The lowest BCUT2D eigenvalue weighted by molar-refractivity contribution is 0.174. The first kappa shape index (κ1) is 16.8. The SMILES string of the molecule is O=C(NCCCc1c[nH]c2ccccc12)NC1CCC(CO)CC1. The second kappa shape index (κ2) is 8.20. The van der Waals surface area contributed by atoms with Gasteiger partial charge in [0.25, 0.3) is 0 Å². The van der Waals surface area contributed by atoms with E-state index in [0.717, 1.165) is 44.0 Å². The molecule has 130 valence electrons. The Kier molecular flexibility index (Phi) is 5.75. The molecular formula is C19H27N3O2. The highest BCUT2D eigenvalue weighted by atomic mass is 16.3. The van der Waals surface area contributed by atoms with E-state index in [0.29, 0.717) is 12.5 Å². The normalized spacial score (nSPS) is 20.9. The van der Waals surface area contributed by atoms with Crippen molar-refractivity contribution in [1.29, 1.82) is 0 Å². The Morgan fingerprint density at radius 3 is 2.79 bits per heavy atom. The lowest BCUT2D eigenvalue weighted by Gasteiger charge is -2.27. The second-order valence-electron chi connectivity index (χ2n) is 6.76. The molecule has 1 aromatic carbocycles. The summed E-state index contributed by atoms with van der Waals surface area (Å²) < 4.78 is 0. The van der Waals surface area contributed by atoms with Crippen LogP contribution in [0.5, 0.6) is 0 Å². The summed E-state index contributed by atoms with van der Waals surface area (Å²) in [4.78, 5) is 15.2. The number of carbonyl (C=O) groups excluding carboxylic acids is 1. The quantitative estimate of drug-likeness (QED) is 0.615. The summed E-state index contributed by atoms with van der Waals surface area (Å²) in [5.74, 6) is 0.419. The molecule has 1 heterocycles. The standard InChI is InChI=1S/C19H27N3O2/c23-13-14-7-9-16(10-8-14)22-19(24)20-11-3-4-15-12-21-18-6-2-1-5-17(15)18/h1-2,5-6,12,14,16,21,23H,3-4,7-11,13H2,(H2,20,22,24). The molecule has 0 saturated heterocycles. The lowest BCUT2D eigenvalue weighted by Crippen LogP contribution is -2.44. The van der Waals surface area contributed by atoms with E-state index in [1.54, 1.807) is 0 Å². The number of rotatable bonds is 6. The van der Waals surface area contributed by atoms with Crippen LogP contribution in [-0.4, -0.2) is 35.3 Å². The second-order valence-corrected chi connectivity index (χ2v) is 6.76. The van der Waals surface area contributed by atoms with Gasteiger partial charge < -0.3 is 20.7 Å². The average Bonchev–Trinajstić information content (AvgIpc) is 3.03. The van der Waals surface area contributed by atoms with Gasteiger partial charge in [-0.05, 0) is 56.1 Å². The van der Waals surface area contributed by atoms with Crippen molar-refractivity contribution in [1.82, 2.24) is 15.6 Å². The van der Waals surface area contributed by atoms with Crippen molar-refractivity contribution in [2.75, 3.05) is 13.2 Å². The number of hydrogen-bond acceptors (Lipinski definition) is 2. The molecule has 3 rings (SSSR count). The summed E-state index contributed by atoms with van der Waals surface area (Å²) in [5.41, 5.74) is 2.46. The van der Waals surface area contributed by atoms with E-state index >= 15 is 0 Å². The van der Waals surface area contributed by atoms with E-state index in [-0.39, 0.29) is 18.7 Å². The van der Waals surface area contributed by atoms with E-state index in [1.165, 1.54) is 10.9 Å². The minimum atomic E-state index is -0.0682. The van der Waals surface area contributed by atoms with E-state index in [2.05, 4.69) is 40.0 Å². The first-order valence-corrected chi connectivity index (χ1v) is 8.96. The maximum Gasteiger partial charge on any atom is 0.315 e. The molecule has 1 aliphatic carbocycles. The van der Waals surface area contributed by atoms with Crippen LogP contribution in [0.15, 0.2) is 30.5 Å². The van der Waals surface area contributed by atoms with Gasteiger partial charge in [0.1, 0.15) is 0 Å². The molecule has 4 N–H and O–H groups in total. The molecule has 0 spiro atoms. The van der Waals surface area contributed by atoms with Gasteiger partial charge in [0.2, 0.25) is 0 Å². The molecule has 0 radical (unpaired) electrons. The Morgan fingerprint density at radius 1 is 1.21 bits per heavy atom. The number of fused-ring (bicyclic) bond motifs is 1. The molecule has 0 bridgehead atoms. The molecule has 5 nitrogen and oxygen atoms in total. The lowest BCUT2D eigenvalue weighted by atomic mass is 9.87. The number of amides is 2. The van der Waals surface area contributed by atoms with E-state index < -0.39 is 0 Å². The molecule has 1 aromatic heterocycles. The summed E-state index contributed by atoms with van der Waals surface area (Å²) in [5, 5.41) is 16.4. The number of aromatic amines is 1. The van der Waals surface area contributed by atoms with Crippen LogP contribution in [-0.2, 0) is 6.42 Å². The van der Waals surface area contributed by atoms with Gasteiger partial charge in [-0.2, -0.15) is 0 Å². The smallest absolute Gasteiger partial charge is 0.315 e. The molecule has 0 aliphatic heterocycles. The third-order valence-electron chi connectivity index (χ3n) is 5.02. The van der Waals surface area contributed by atoms with Crippen molar-refractivity contribution in [3.63, 3.8) is 0 Å². The maximum atomic E-state index is 12.0. The van der Waals surface area contributed by atoms with Crippen molar-refractivity contribution in [2.24, 2.45) is 5.92 Å². The third-order valence-corrected chi connectivity index (χ3v) is 5.02. The van der Waals surface area contributed by atoms with Gasteiger partial charge >= 0.3 is 6.03 Å². The van der Waals surface area contributed by atoms with Gasteiger partial charge in [-0.15, -0.1) is 0 Å². The number of nitrogens with one attached hydrogen (secondary N) is 3. The molecular weight excluding hydrogens is 302 g/mol. The highest BCUT2D eigenvalue weighted by Gasteiger charge is 2.21. The molecule has 1 aliphatic rings. The van der Waals surface area contributed by atoms with E-state index in [1.807, 2.05) is 6.07 Å². The van der Waals surface area contributed by atoms with E-state index in [4.69, 9.17) is 5.11 Å². The molecule has 0 atom stereocenters. The van der Waals surface area contributed by atoms with Gasteiger partial charge in [0, 0.05) is 36.3 Å². The fourth-order valence-electron chi connectivity index (χ4n) is 3.54. The average molecular weight is 329 g/mol. The van der Waals surface area contributed by atoms with E-state index in [9.17, 15) is 4.79 Å². The molecule has 0 unspecified atom stereocenters. The fourth-order valence-corrected chi connectivity index (χ4v) is 3.54. The van der Waals surface area contributed by atoms with Gasteiger partial charge in [0.05, 0.1) is 0 Å². The Morgan fingerprint density at radius 2 is 2.00 bits per heavy atom. The fraction of sp³-hybridized carbons (Fsp3) is 0.526. The number of aliphatic hydroxyl groups excluding tert-OH is 1. The number of H-pyrrole nitrogens is 1. The molecule has 1 saturated carbocycles. The summed E-state index contributed by atoms with van der Waals surface area (Å²) in [6.07, 6.45) is 7.87. The van der Waals surface area contributed by atoms with Gasteiger partial charge in [-0.1, -0.05) is 18.2 Å². The molecule has 5 heteroatoms. The topological polar surface area (TPSA) is 77.2 Å². The number of aromatic nitrogens is 1. The van der Waals surface area contributed by atoms with Crippen LogP contribution >= 0.6 is 0 Å². The number of para-hydroxylation sites is 1. The van der Waals surface area contributed by atoms with Crippen molar-refractivity contribution in [3.8, 4) is 0 Å². The zero-order valence-corrected chi connectivity index (χ0v) is 14.1. The number of aryl methyl sites for hydroxylation is 1. The zero-order chi connectivity index (χ0) is 16.8. The predicted molar refractivity (Wildman–Crippen MR) is 96.0 cm³/mol. The summed E-state index contributed by atoms with van der Waals surface area (Å²) in [6, 6.07) is 8.47. The highest BCUT2D eigenvalue weighted by molar-refractivity contribution is 5.83.